The van der Waals surface area contributed by atoms with Gasteiger partial charge in [-0.15, -0.1) is 0 Å². The van der Waals surface area contributed by atoms with E-state index in [-0.39, 0.29) is 0 Å². The molecule has 0 aliphatic carbocycles. The van der Waals surface area contributed by atoms with Gasteiger partial charge in [-0.3, -0.25) is 0 Å². The minimum Gasteiger partial charge on any atom is -0.0654 e. The summed E-state index contributed by atoms with van der Waals surface area (Å²) < 4.78 is 0. The van der Waals surface area contributed by atoms with E-state index >= 15 is 0 Å². The van der Waals surface area contributed by atoms with Crippen LogP contribution >= 0.6 is 0 Å². The standard InChI is InChI=1S/C24H49/c1-7-11-12-13-14-20-24(5,6)21-15-19-23(18-10-4)22(16-8-2)17-9-3/h22-23H,1,7-21H2,2-6H3. The van der Waals surface area contributed by atoms with Crippen LogP contribution in [-0.2, 0) is 0 Å². The van der Waals surface area contributed by atoms with Crippen molar-refractivity contribution in [2.24, 2.45) is 17.3 Å². The molecular weight excluding hydrogens is 288 g/mol. The number of unbranched alkanes of at least 4 members (excludes halogenated alkanes) is 4. The summed E-state index contributed by atoms with van der Waals surface area (Å²) in [6.07, 6.45) is 20.8. The Labute approximate surface area is 155 Å². The van der Waals surface area contributed by atoms with E-state index in [2.05, 4.69) is 41.5 Å². The molecule has 0 aromatic carbocycles. The first-order valence-corrected chi connectivity index (χ1v) is 11.3. The lowest BCUT2D eigenvalue weighted by atomic mass is 9.76. The van der Waals surface area contributed by atoms with Gasteiger partial charge < -0.3 is 0 Å². The monoisotopic (exact) mass is 337 g/mol. The quantitative estimate of drug-likeness (QED) is 0.232. The van der Waals surface area contributed by atoms with Crippen LogP contribution in [0, 0.1) is 24.2 Å². The fourth-order valence-corrected chi connectivity index (χ4v) is 4.45. The molecule has 0 amide bonds. The molecule has 0 aliphatic rings. The van der Waals surface area contributed by atoms with Gasteiger partial charge in [0.2, 0.25) is 0 Å². The van der Waals surface area contributed by atoms with Gasteiger partial charge >= 0.3 is 0 Å². The Morgan fingerprint density at radius 3 is 1.58 bits per heavy atom. The third kappa shape index (κ3) is 12.4. The van der Waals surface area contributed by atoms with Crippen LogP contribution < -0.4 is 0 Å². The summed E-state index contributed by atoms with van der Waals surface area (Å²) in [5.74, 6) is 1.98. The summed E-state index contributed by atoms with van der Waals surface area (Å²) in [4.78, 5) is 0. The molecule has 0 N–H and O–H groups in total. The predicted octanol–water partition coefficient (Wildman–Crippen LogP) is 8.99. The van der Waals surface area contributed by atoms with Crippen molar-refractivity contribution >= 4 is 0 Å². The van der Waals surface area contributed by atoms with Gasteiger partial charge in [0, 0.05) is 0 Å². The molecule has 0 aromatic rings. The Balaban J connectivity index is 4.18. The van der Waals surface area contributed by atoms with Crippen molar-refractivity contribution in [3.8, 4) is 0 Å². The smallest absolute Gasteiger partial charge is 0.0354 e. The molecule has 1 atom stereocenters. The third-order valence-electron chi connectivity index (χ3n) is 5.93. The lowest BCUT2D eigenvalue weighted by molar-refractivity contribution is 0.224. The van der Waals surface area contributed by atoms with Gasteiger partial charge in [-0.05, 0) is 30.1 Å². The van der Waals surface area contributed by atoms with Crippen molar-refractivity contribution in [2.75, 3.05) is 0 Å². The zero-order chi connectivity index (χ0) is 18.3. The lowest BCUT2D eigenvalue weighted by Gasteiger charge is -2.29. The molecule has 24 heavy (non-hydrogen) atoms. The molecule has 0 saturated heterocycles. The fourth-order valence-electron chi connectivity index (χ4n) is 4.45. The predicted molar refractivity (Wildman–Crippen MR) is 112 cm³/mol. The molecule has 1 radical (unpaired) electrons. The van der Waals surface area contributed by atoms with E-state index in [9.17, 15) is 0 Å². The first-order valence-electron chi connectivity index (χ1n) is 11.3. The van der Waals surface area contributed by atoms with Crippen LogP contribution in [0.5, 0.6) is 0 Å². The van der Waals surface area contributed by atoms with Gasteiger partial charge in [-0.25, -0.2) is 0 Å². The molecule has 0 rings (SSSR count). The number of hydrogen-bond acceptors (Lipinski definition) is 0. The second-order valence-corrected chi connectivity index (χ2v) is 8.96. The Morgan fingerprint density at radius 2 is 1.08 bits per heavy atom. The molecule has 0 heterocycles. The van der Waals surface area contributed by atoms with Crippen molar-refractivity contribution in [3.63, 3.8) is 0 Å². The summed E-state index contributed by atoms with van der Waals surface area (Å²) in [5.41, 5.74) is 0.548. The first-order chi connectivity index (χ1) is 11.5. The first kappa shape index (κ1) is 24.0. The van der Waals surface area contributed by atoms with Crippen LogP contribution in [-0.4, -0.2) is 0 Å². The largest absolute Gasteiger partial charge is 0.0654 e. The maximum Gasteiger partial charge on any atom is -0.0354 e. The topological polar surface area (TPSA) is 0 Å². The third-order valence-corrected chi connectivity index (χ3v) is 5.93. The van der Waals surface area contributed by atoms with Gasteiger partial charge in [0.15, 0.2) is 0 Å². The van der Waals surface area contributed by atoms with Crippen LogP contribution in [0.15, 0.2) is 0 Å². The van der Waals surface area contributed by atoms with Crippen molar-refractivity contribution in [1.29, 1.82) is 0 Å². The molecule has 0 fully saturated rings. The molecule has 0 bridgehead atoms. The van der Waals surface area contributed by atoms with Crippen LogP contribution in [0.25, 0.3) is 0 Å². The van der Waals surface area contributed by atoms with Crippen LogP contribution in [0.2, 0.25) is 0 Å². The van der Waals surface area contributed by atoms with Gasteiger partial charge in [0.05, 0.1) is 0 Å². The second kappa shape index (κ2) is 15.3. The highest BCUT2D eigenvalue weighted by molar-refractivity contribution is 4.74. The van der Waals surface area contributed by atoms with Crippen molar-refractivity contribution in [2.45, 2.75) is 131 Å². The van der Waals surface area contributed by atoms with E-state index in [1.807, 2.05) is 0 Å². The molecule has 0 aromatic heterocycles. The van der Waals surface area contributed by atoms with Gasteiger partial charge in [-0.2, -0.15) is 0 Å². The highest BCUT2D eigenvalue weighted by atomic mass is 14.3. The lowest BCUT2D eigenvalue weighted by Crippen LogP contribution is -2.17. The maximum atomic E-state index is 3.94. The average molecular weight is 338 g/mol. The van der Waals surface area contributed by atoms with E-state index in [0.29, 0.717) is 5.41 Å². The van der Waals surface area contributed by atoms with E-state index in [1.165, 1.54) is 89.9 Å². The average Bonchev–Trinajstić information content (AvgIpc) is 2.53. The fraction of sp³-hybridized carbons (Fsp3) is 0.958. The number of hydrogen-bond donors (Lipinski definition) is 0. The van der Waals surface area contributed by atoms with Gasteiger partial charge in [0.1, 0.15) is 0 Å². The summed E-state index contributed by atoms with van der Waals surface area (Å²) in [5, 5.41) is 0. The van der Waals surface area contributed by atoms with E-state index in [1.54, 1.807) is 0 Å². The van der Waals surface area contributed by atoms with Crippen LogP contribution in [0.1, 0.15) is 131 Å². The Kier molecular flexibility index (Phi) is 15.3. The van der Waals surface area contributed by atoms with Crippen LogP contribution in [0.3, 0.4) is 0 Å². The highest BCUT2D eigenvalue weighted by Crippen LogP contribution is 2.35. The van der Waals surface area contributed by atoms with Crippen molar-refractivity contribution in [1.82, 2.24) is 0 Å². The van der Waals surface area contributed by atoms with Gasteiger partial charge in [-0.1, -0.05) is 125 Å². The minimum absolute atomic E-state index is 0.548. The summed E-state index contributed by atoms with van der Waals surface area (Å²) in [7, 11) is 0. The summed E-state index contributed by atoms with van der Waals surface area (Å²) in [6.45, 7) is 16.0. The Bertz CT molecular complexity index is 247. The van der Waals surface area contributed by atoms with Crippen molar-refractivity contribution in [3.05, 3.63) is 6.92 Å². The molecule has 0 aliphatic heterocycles. The van der Waals surface area contributed by atoms with E-state index in [0.717, 1.165) is 18.3 Å². The molecule has 145 valence electrons. The number of rotatable bonds is 17. The zero-order valence-corrected chi connectivity index (χ0v) is 18.0. The minimum atomic E-state index is 0.548. The zero-order valence-electron chi connectivity index (χ0n) is 18.0. The normalized spacial score (nSPS) is 13.6. The molecule has 0 saturated carbocycles. The Hall–Kier alpha value is 0. The SMILES string of the molecule is [CH2]CCCCCCC(C)(C)CCCC(CCC)C(CCC)CCC. The molecule has 1 unspecified atom stereocenters. The van der Waals surface area contributed by atoms with Crippen LogP contribution in [0.4, 0.5) is 0 Å². The summed E-state index contributed by atoms with van der Waals surface area (Å²) >= 11 is 0. The van der Waals surface area contributed by atoms with Crippen molar-refractivity contribution < 1.29 is 0 Å². The molecule has 0 spiro atoms. The second-order valence-electron chi connectivity index (χ2n) is 8.96. The molecule has 0 heteroatoms. The summed E-state index contributed by atoms with van der Waals surface area (Å²) in [6, 6.07) is 0. The molecule has 0 nitrogen and oxygen atoms in total. The van der Waals surface area contributed by atoms with Gasteiger partial charge in [0.25, 0.3) is 0 Å². The highest BCUT2D eigenvalue weighted by Gasteiger charge is 2.22. The van der Waals surface area contributed by atoms with E-state index < -0.39 is 0 Å². The van der Waals surface area contributed by atoms with E-state index in [4.69, 9.17) is 0 Å². The Morgan fingerprint density at radius 1 is 0.625 bits per heavy atom. The molecular formula is C24H49. The maximum absolute atomic E-state index is 3.94.